The fourth-order valence-electron chi connectivity index (χ4n) is 2.44. The highest BCUT2D eigenvalue weighted by atomic mass is 32.2. The zero-order chi connectivity index (χ0) is 18.6. The van der Waals surface area contributed by atoms with Crippen LogP contribution in [0.1, 0.15) is 16.7 Å². The van der Waals surface area contributed by atoms with Gasteiger partial charge in [-0.15, -0.1) is 0 Å². The van der Waals surface area contributed by atoms with Crippen molar-refractivity contribution in [3.05, 3.63) is 53.1 Å². The van der Waals surface area contributed by atoms with E-state index in [0.717, 1.165) is 11.1 Å². The third-order valence-corrected chi connectivity index (χ3v) is 5.15. The summed E-state index contributed by atoms with van der Waals surface area (Å²) in [7, 11) is -2.24. The van der Waals surface area contributed by atoms with Crippen molar-refractivity contribution in [1.29, 1.82) is 0 Å². The average Bonchev–Trinajstić information content (AvgIpc) is 2.54. The molecular formula is C18H22N2O4S. The third-order valence-electron chi connectivity index (χ3n) is 3.60. The highest BCUT2D eigenvalue weighted by Gasteiger charge is 2.16. The lowest BCUT2D eigenvalue weighted by molar-refractivity contribution is -0.118. The van der Waals surface area contributed by atoms with Gasteiger partial charge in [-0.3, -0.25) is 4.79 Å². The molecule has 0 radical (unpaired) electrons. The van der Waals surface area contributed by atoms with Gasteiger partial charge >= 0.3 is 0 Å². The maximum Gasteiger partial charge on any atom is 0.262 e. The number of hydrogen-bond donors (Lipinski definition) is 2. The average molecular weight is 362 g/mol. The van der Waals surface area contributed by atoms with Gasteiger partial charge in [0.1, 0.15) is 5.75 Å². The Kier molecular flexibility index (Phi) is 5.81. The minimum atomic E-state index is -3.58. The van der Waals surface area contributed by atoms with Crippen molar-refractivity contribution in [2.45, 2.75) is 25.7 Å². The van der Waals surface area contributed by atoms with E-state index in [1.54, 1.807) is 19.1 Å². The Morgan fingerprint density at radius 1 is 1.04 bits per heavy atom. The van der Waals surface area contributed by atoms with E-state index in [-0.39, 0.29) is 17.4 Å². The van der Waals surface area contributed by atoms with E-state index in [4.69, 9.17) is 4.74 Å². The third kappa shape index (κ3) is 5.04. The molecule has 0 aliphatic heterocycles. The summed E-state index contributed by atoms with van der Waals surface area (Å²) in [5.41, 5.74) is 3.10. The summed E-state index contributed by atoms with van der Waals surface area (Å²) < 4.78 is 31.7. The maximum atomic E-state index is 12.1. The van der Waals surface area contributed by atoms with Crippen LogP contribution in [0.15, 0.2) is 41.3 Å². The number of carbonyl (C=O) groups excluding carboxylic acids is 1. The molecule has 0 fully saturated rings. The van der Waals surface area contributed by atoms with Crippen LogP contribution < -0.4 is 14.8 Å². The Morgan fingerprint density at radius 2 is 1.68 bits per heavy atom. The van der Waals surface area contributed by atoms with Gasteiger partial charge in [-0.05, 0) is 68.8 Å². The van der Waals surface area contributed by atoms with Gasteiger partial charge in [0.25, 0.3) is 5.91 Å². The highest BCUT2D eigenvalue weighted by molar-refractivity contribution is 7.89. The molecule has 0 atom stereocenters. The summed E-state index contributed by atoms with van der Waals surface area (Å²) in [6.07, 6.45) is 0. The van der Waals surface area contributed by atoms with E-state index < -0.39 is 10.0 Å². The highest BCUT2D eigenvalue weighted by Crippen LogP contribution is 2.20. The number of rotatable bonds is 6. The molecule has 2 N–H and O–H groups in total. The smallest absolute Gasteiger partial charge is 0.262 e. The van der Waals surface area contributed by atoms with Crippen LogP contribution in [0.5, 0.6) is 5.75 Å². The van der Waals surface area contributed by atoms with Gasteiger partial charge in [-0.1, -0.05) is 12.1 Å². The lowest BCUT2D eigenvalue weighted by Gasteiger charge is -2.11. The number of hydrogen-bond acceptors (Lipinski definition) is 4. The zero-order valence-electron chi connectivity index (χ0n) is 14.7. The first-order chi connectivity index (χ1) is 11.7. The second kappa shape index (κ2) is 7.67. The largest absolute Gasteiger partial charge is 0.484 e. The number of aryl methyl sites for hydroxylation is 3. The minimum absolute atomic E-state index is 0.128. The summed E-state index contributed by atoms with van der Waals surface area (Å²) in [5, 5.41) is 2.65. The molecule has 6 nitrogen and oxygen atoms in total. The van der Waals surface area contributed by atoms with Gasteiger partial charge in [0.05, 0.1) is 4.90 Å². The quantitative estimate of drug-likeness (QED) is 0.827. The SMILES string of the molecule is CNS(=O)(=O)c1cc(NC(=O)COc2cc(C)cc(C)c2)ccc1C. The summed E-state index contributed by atoms with van der Waals surface area (Å²) in [6.45, 7) is 5.44. The molecule has 0 unspecified atom stereocenters. The molecule has 25 heavy (non-hydrogen) atoms. The van der Waals surface area contributed by atoms with Crippen molar-refractivity contribution in [2.24, 2.45) is 0 Å². The van der Waals surface area contributed by atoms with Crippen LogP contribution in [0.25, 0.3) is 0 Å². The van der Waals surface area contributed by atoms with Crippen molar-refractivity contribution < 1.29 is 17.9 Å². The van der Waals surface area contributed by atoms with E-state index in [1.165, 1.54) is 13.1 Å². The van der Waals surface area contributed by atoms with Gasteiger partial charge < -0.3 is 10.1 Å². The van der Waals surface area contributed by atoms with Gasteiger partial charge in [0, 0.05) is 5.69 Å². The number of anilines is 1. The molecule has 0 saturated carbocycles. The van der Waals surface area contributed by atoms with Crippen LogP contribution in [0.4, 0.5) is 5.69 Å². The van der Waals surface area contributed by atoms with Gasteiger partial charge in [0.2, 0.25) is 10.0 Å². The second-order valence-electron chi connectivity index (χ2n) is 5.85. The van der Waals surface area contributed by atoms with Crippen LogP contribution >= 0.6 is 0 Å². The van der Waals surface area contributed by atoms with Crippen LogP contribution in [-0.2, 0) is 14.8 Å². The molecule has 0 bridgehead atoms. The first kappa shape index (κ1) is 19.0. The van der Waals surface area contributed by atoms with E-state index in [0.29, 0.717) is 17.0 Å². The molecular weight excluding hydrogens is 340 g/mol. The molecule has 2 rings (SSSR count). The molecule has 1 amide bonds. The topological polar surface area (TPSA) is 84.5 Å². The number of ether oxygens (including phenoxy) is 1. The first-order valence-corrected chi connectivity index (χ1v) is 9.25. The van der Waals surface area contributed by atoms with Crippen molar-refractivity contribution in [2.75, 3.05) is 19.0 Å². The van der Waals surface area contributed by atoms with E-state index >= 15 is 0 Å². The fraction of sp³-hybridized carbons (Fsp3) is 0.278. The molecule has 7 heteroatoms. The molecule has 134 valence electrons. The van der Waals surface area contributed by atoms with Crippen LogP contribution in [0, 0.1) is 20.8 Å². The molecule has 0 heterocycles. The summed E-state index contributed by atoms with van der Waals surface area (Å²) in [4.78, 5) is 12.2. The molecule has 2 aromatic carbocycles. The Hall–Kier alpha value is -2.38. The van der Waals surface area contributed by atoms with Crippen molar-refractivity contribution in [3.63, 3.8) is 0 Å². The number of nitrogens with one attached hydrogen (secondary N) is 2. The summed E-state index contributed by atoms with van der Waals surface area (Å²) >= 11 is 0. The van der Waals surface area contributed by atoms with Gasteiger partial charge in [-0.2, -0.15) is 0 Å². The number of benzene rings is 2. The monoisotopic (exact) mass is 362 g/mol. The van der Waals surface area contributed by atoms with Gasteiger partial charge in [0.15, 0.2) is 6.61 Å². The van der Waals surface area contributed by atoms with Crippen LogP contribution in [-0.4, -0.2) is 28.0 Å². The summed E-state index contributed by atoms with van der Waals surface area (Å²) in [6, 6.07) is 10.4. The van der Waals surface area contributed by atoms with Crippen molar-refractivity contribution in [1.82, 2.24) is 4.72 Å². The van der Waals surface area contributed by atoms with E-state index in [1.807, 2.05) is 32.0 Å². The van der Waals surface area contributed by atoms with Crippen molar-refractivity contribution in [3.8, 4) is 5.75 Å². The molecule has 2 aromatic rings. The standard InChI is InChI=1S/C18H22N2O4S/c1-12-7-13(2)9-16(8-12)24-11-18(21)20-15-6-5-14(3)17(10-15)25(22,23)19-4/h5-10,19H,11H2,1-4H3,(H,20,21). The second-order valence-corrected chi connectivity index (χ2v) is 7.70. The van der Waals surface area contributed by atoms with Crippen LogP contribution in [0.2, 0.25) is 0 Å². The number of amides is 1. The lowest BCUT2D eigenvalue weighted by Crippen LogP contribution is -2.22. The molecule has 0 saturated heterocycles. The van der Waals surface area contributed by atoms with Gasteiger partial charge in [-0.25, -0.2) is 13.1 Å². The molecule has 0 aliphatic carbocycles. The Labute approximate surface area is 148 Å². The predicted molar refractivity (Wildman–Crippen MR) is 97.5 cm³/mol. The van der Waals surface area contributed by atoms with E-state index in [9.17, 15) is 13.2 Å². The minimum Gasteiger partial charge on any atom is -0.484 e. The van der Waals surface area contributed by atoms with Crippen LogP contribution in [0.3, 0.4) is 0 Å². The maximum absolute atomic E-state index is 12.1. The zero-order valence-corrected chi connectivity index (χ0v) is 15.5. The van der Waals surface area contributed by atoms with Crippen molar-refractivity contribution >= 4 is 21.6 Å². The summed E-state index contributed by atoms with van der Waals surface area (Å²) in [5.74, 6) is 0.255. The van der Waals surface area contributed by atoms with E-state index in [2.05, 4.69) is 10.0 Å². The molecule has 0 aromatic heterocycles. The Morgan fingerprint density at radius 3 is 2.28 bits per heavy atom. The normalized spacial score (nSPS) is 11.2. The Balaban J connectivity index is 2.07. The molecule has 0 spiro atoms. The fourth-order valence-corrected chi connectivity index (χ4v) is 3.43. The Bertz CT molecular complexity index is 872. The number of sulfonamides is 1. The molecule has 0 aliphatic rings. The lowest BCUT2D eigenvalue weighted by atomic mass is 10.1. The first-order valence-electron chi connectivity index (χ1n) is 7.76. The predicted octanol–water partition coefficient (Wildman–Crippen LogP) is 2.54. The number of carbonyl (C=O) groups is 1.